The molecule has 7 atom stereocenters. The van der Waals surface area contributed by atoms with Gasteiger partial charge in [0.25, 0.3) is 0 Å². The summed E-state index contributed by atoms with van der Waals surface area (Å²) in [7, 11) is 0. The molecule has 9 heteroatoms. The first-order valence-corrected chi connectivity index (χ1v) is 21.1. The van der Waals surface area contributed by atoms with Crippen molar-refractivity contribution in [3.63, 3.8) is 0 Å². The van der Waals surface area contributed by atoms with E-state index in [0.717, 1.165) is 96.3 Å². The van der Waals surface area contributed by atoms with Crippen molar-refractivity contribution in [2.75, 3.05) is 13.2 Å². The number of aliphatic hydroxyl groups is 5. The van der Waals surface area contributed by atoms with Crippen LogP contribution in [-0.2, 0) is 14.3 Å². The van der Waals surface area contributed by atoms with Crippen LogP contribution in [0.15, 0.2) is 72.9 Å². The maximum Gasteiger partial charge on any atom is 0.220 e. The number of allylic oxidation sites excluding steroid dienone is 12. The van der Waals surface area contributed by atoms with E-state index < -0.39 is 49.5 Å². The fourth-order valence-corrected chi connectivity index (χ4v) is 6.16. The molecule has 310 valence electrons. The van der Waals surface area contributed by atoms with Crippen molar-refractivity contribution in [2.24, 2.45) is 0 Å². The van der Waals surface area contributed by atoms with Gasteiger partial charge in [-0.25, -0.2) is 0 Å². The Kier molecular flexibility index (Phi) is 32.2. The standard InChI is InChI=1S/C45H77NO8/c1-3-5-7-9-10-11-12-13-14-15-16-17-18-19-20-21-22-23-24-25-26-27-28-29-30-31-33-35-41(49)46-38(39(48)34-32-8-6-4-2)37-53-45-44(52)43(51)42(50)40(36-47)54-45/h5,7,10-11,13-14,16-17,19-20,22-23,38-40,42-45,47-48,50-52H,3-4,6,8-9,12,15,18,21,24-37H2,1-2H3,(H,46,49)/b7-5-,11-10-,14-13-,17-16-,20-19-,23-22-. The summed E-state index contributed by atoms with van der Waals surface area (Å²) in [4.78, 5) is 12.8. The second kappa shape index (κ2) is 35.1. The van der Waals surface area contributed by atoms with Gasteiger partial charge in [0, 0.05) is 6.42 Å². The molecular formula is C45H77NO8. The van der Waals surface area contributed by atoms with Crippen molar-refractivity contribution in [3.05, 3.63) is 72.9 Å². The Morgan fingerprint density at radius 2 is 1.15 bits per heavy atom. The highest BCUT2D eigenvalue weighted by Crippen LogP contribution is 2.23. The molecule has 7 unspecified atom stereocenters. The van der Waals surface area contributed by atoms with Gasteiger partial charge in [-0.3, -0.25) is 4.79 Å². The van der Waals surface area contributed by atoms with Crippen LogP contribution in [0, 0.1) is 0 Å². The molecule has 0 aromatic rings. The molecule has 6 N–H and O–H groups in total. The van der Waals surface area contributed by atoms with Crippen LogP contribution in [0.3, 0.4) is 0 Å². The first kappa shape index (κ1) is 49.6. The maximum absolute atomic E-state index is 12.8. The highest BCUT2D eigenvalue weighted by Gasteiger charge is 2.44. The molecule has 0 radical (unpaired) electrons. The molecule has 1 aliphatic heterocycles. The monoisotopic (exact) mass is 760 g/mol. The molecular weight excluding hydrogens is 682 g/mol. The minimum absolute atomic E-state index is 0.149. The number of hydrogen-bond donors (Lipinski definition) is 6. The lowest BCUT2D eigenvalue weighted by atomic mass is 9.99. The molecule has 0 spiro atoms. The molecule has 1 amide bonds. The number of unbranched alkanes of at least 4 members (excludes halogenated alkanes) is 11. The van der Waals surface area contributed by atoms with Crippen LogP contribution in [0.2, 0.25) is 0 Å². The first-order chi connectivity index (χ1) is 26.3. The summed E-state index contributed by atoms with van der Waals surface area (Å²) in [6.07, 6.45) is 39.8. The molecule has 1 fully saturated rings. The molecule has 54 heavy (non-hydrogen) atoms. The van der Waals surface area contributed by atoms with Crippen LogP contribution in [0.1, 0.15) is 149 Å². The fourth-order valence-electron chi connectivity index (χ4n) is 6.16. The van der Waals surface area contributed by atoms with E-state index in [0.29, 0.717) is 12.8 Å². The Morgan fingerprint density at radius 3 is 1.69 bits per heavy atom. The quantitative estimate of drug-likeness (QED) is 0.0290. The van der Waals surface area contributed by atoms with Gasteiger partial charge in [0.15, 0.2) is 6.29 Å². The van der Waals surface area contributed by atoms with E-state index in [2.05, 4.69) is 92.1 Å². The summed E-state index contributed by atoms with van der Waals surface area (Å²) in [6, 6.07) is -0.723. The Bertz CT molecular complexity index is 1070. The third-order valence-electron chi connectivity index (χ3n) is 9.57. The number of aliphatic hydroxyl groups excluding tert-OH is 5. The minimum atomic E-state index is -1.55. The lowest BCUT2D eigenvalue weighted by Gasteiger charge is -2.40. The van der Waals surface area contributed by atoms with Crippen LogP contribution >= 0.6 is 0 Å². The van der Waals surface area contributed by atoms with E-state index in [1.807, 2.05) is 0 Å². The number of hydrogen-bond acceptors (Lipinski definition) is 8. The van der Waals surface area contributed by atoms with Gasteiger partial charge >= 0.3 is 0 Å². The second-order valence-corrected chi connectivity index (χ2v) is 14.4. The van der Waals surface area contributed by atoms with E-state index in [-0.39, 0.29) is 12.5 Å². The zero-order valence-corrected chi connectivity index (χ0v) is 33.7. The van der Waals surface area contributed by atoms with Crippen molar-refractivity contribution >= 4 is 5.91 Å². The van der Waals surface area contributed by atoms with Gasteiger partial charge in [-0.15, -0.1) is 0 Å². The van der Waals surface area contributed by atoms with Gasteiger partial charge in [0.05, 0.1) is 25.4 Å². The van der Waals surface area contributed by atoms with Gasteiger partial charge in [0.2, 0.25) is 5.91 Å². The van der Waals surface area contributed by atoms with Crippen LogP contribution < -0.4 is 5.32 Å². The largest absolute Gasteiger partial charge is 0.394 e. The molecule has 0 bridgehead atoms. The molecule has 9 nitrogen and oxygen atoms in total. The number of ether oxygens (including phenoxy) is 2. The van der Waals surface area contributed by atoms with Gasteiger partial charge in [0.1, 0.15) is 24.4 Å². The molecule has 0 aromatic heterocycles. The summed E-state index contributed by atoms with van der Waals surface area (Å²) >= 11 is 0. The molecule has 1 aliphatic rings. The molecule has 1 saturated heterocycles. The molecule has 0 saturated carbocycles. The van der Waals surface area contributed by atoms with Gasteiger partial charge in [-0.1, -0.05) is 151 Å². The van der Waals surface area contributed by atoms with Gasteiger partial charge in [-0.05, 0) is 64.2 Å². The molecule has 1 rings (SSSR count). The smallest absolute Gasteiger partial charge is 0.220 e. The van der Waals surface area contributed by atoms with E-state index in [1.54, 1.807) is 0 Å². The topological polar surface area (TPSA) is 149 Å². The molecule has 1 heterocycles. The Morgan fingerprint density at radius 1 is 0.648 bits per heavy atom. The fraction of sp³-hybridized carbons (Fsp3) is 0.711. The zero-order valence-electron chi connectivity index (χ0n) is 33.7. The van der Waals surface area contributed by atoms with E-state index in [4.69, 9.17) is 9.47 Å². The number of carbonyl (C=O) groups is 1. The van der Waals surface area contributed by atoms with Crippen molar-refractivity contribution in [2.45, 2.75) is 192 Å². The number of nitrogens with one attached hydrogen (secondary N) is 1. The zero-order chi connectivity index (χ0) is 39.5. The molecule has 0 aliphatic carbocycles. The van der Waals surface area contributed by atoms with Crippen molar-refractivity contribution in [1.29, 1.82) is 0 Å². The highest BCUT2D eigenvalue weighted by atomic mass is 16.7. The number of rotatable bonds is 33. The van der Waals surface area contributed by atoms with Crippen LogP contribution in [0.4, 0.5) is 0 Å². The van der Waals surface area contributed by atoms with Gasteiger partial charge in [-0.2, -0.15) is 0 Å². The lowest BCUT2D eigenvalue weighted by Crippen LogP contribution is -2.60. The van der Waals surface area contributed by atoms with Crippen molar-refractivity contribution < 1.29 is 39.8 Å². The Labute approximate surface area is 328 Å². The summed E-state index contributed by atoms with van der Waals surface area (Å²) in [5.41, 5.74) is 0. The van der Waals surface area contributed by atoms with E-state index in [9.17, 15) is 30.3 Å². The van der Waals surface area contributed by atoms with Crippen LogP contribution in [-0.4, -0.2) is 87.5 Å². The summed E-state index contributed by atoms with van der Waals surface area (Å²) < 4.78 is 11.1. The normalized spacial score (nSPS) is 22.2. The van der Waals surface area contributed by atoms with Crippen molar-refractivity contribution in [1.82, 2.24) is 5.32 Å². The maximum atomic E-state index is 12.8. The van der Waals surface area contributed by atoms with Gasteiger partial charge < -0.3 is 40.3 Å². The summed E-state index contributed by atoms with van der Waals surface area (Å²) in [5.74, 6) is -0.167. The predicted octanol–water partition coefficient (Wildman–Crippen LogP) is 8.22. The SMILES string of the molecule is CC/C=C\C/C=C\C/C=C\C/C=C\C/C=C\C/C=C\CCCCCCCCCCC(=O)NC(COC1OC(CO)C(O)C(O)C1O)C(O)CCCCCC. The summed E-state index contributed by atoms with van der Waals surface area (Å²) in [5, 5.41) is 53.6. The third-order valence-corrected chi connectivity index (χ3v) is 9.57. The summed E-state index contributed by atoms with van der Waals surface area (Å²) in [6.45, 7) is 3.56. The van der Waals surface area contributed by atoms with E-state index in [1.165, 1.54) is 25.7 Å². The molecule has 0 aromatic carbocycles. The average Bonchev–Trinajstić information content (AvgIpc) is 3.17. The van der Waals surface area contributed by atoms with Crippen molar-refractivity contribution in [3.8, 4) is 0 Å². The minimum Gasteiger partial charge on any atom is -0.394 e. The second-order valence-electron chi connectivity index (χ2n) is 14.4. The third kappa shape index (κ3) is 25.7. The Hall–Kier alpha value is -2.37. The van der Waals surface area contributed by atoms with E-state index >= 15 is 0 Å². The number of amides is 1. The lowest BCUT2D eigenvalue weighted by molar-refractivity contribution is -0.302. The first-order valence-electron chi connectivity index (χ1n) is 21.1. The van der Waals surface area contributed by atoms with Crippen LogP contribution in [0.25, 0.3) is 0 Å². The predicted molar refractivity (Wildman–Crippen MR) is 221 cm³/mol. The highest BCUT2D eigenvalue weighted by molar-refractivity contribution is 5.76. The Balaban J connectivity index is 2.15. The number of carbonyl (C=O) groups excluding carboxylic acids is 1. The average molecular weight is 760 g/mol. The van der Waals surface area contributed by atoms with Crippen LogP contribution in [0.5, 0.6) is 0 Å².